The molecule has 0 saturated carbocycles. The highest BCUT2D eigenvalue weighted by Gasteiger charge is 2.43. The zero-order valence-electron chi connectivity index (χ0n) is 29.3. The number of amides is 1. The molecule has 0 aromatic heterocycles. The van der Waals surface area contributed by atoms with Crippen molar-refractivity contribution in [3.63, 3.8) is 0 Å². The first-order valence-corrected chi connectivity index (χ1v) is 19.5. The van der Waals surface area contributed by atoms with Crippen molar-refractivity contribution in [1.82, 2.24) is 9.80 Å². The van der Waals surface area contributed by atoms with E-state index >= 15 is 0 Å². The molecule has 5 nitrogen and oxygen atoms in total. The van der Waals surface area contributed by atoms with Crippen LogP contribution in [0, 0.1) is 5.92 Å². The number of carbonyl (C=O) groups is 2. The lowest BCUT2D eigenvalue weighted by Crippen LogP contribution is -2.39. The number of carbonyl (C=O) groups excluding carboxylic acids is 2. The van der Waals surface area contributed by atoms with E-state index in [0.717, 1.165) is 45.4 Å². The van der Waals surface area contributed by atoms with E-state index in [1.54, 1.807) is 0 Å². The van der Waals surface area contributed by atoms with Gasteiger partial charge in [-0.05, 0) is 64.5 Å². The molecule has 2 saturated heterocycles. The molecule has 2 heterocycles. The van der Waals surface area contributed by atoms with Gasteiger partial charge in [-0.3, -0.25) is 14.5 Å². The molecule has 0 aromatic rings. The Balaban J connectivity index is 1.65. The quantitative estimate of drug-likeness (QED) is 0.0498. The second-order valence-corrected chi connectivity index (χ2v) is 13.9. The zero-order chi connectivity index (χ0) is 31.5. The maximum Gasteiger partial charge on any atom is 0.311 e. The van der Waals surface area contributed by atoms with Crippen molar-refractivity contribution in [2.45, 2.75) is 187 Å². The Labute approximate surface area is 273 Å². The second-order valence-electron chi connectivity index (χ2n) is 13.9. The molecule has 2 aliphatic rings. The molecule has 2 aliphatic heterocycles. The molecule has 44 heavy (non-hydrogen) atoms. The smallest absolute Gasteiger partial charge is 0.311 e. The topological polar surface area (TPSA) is 49.9 Å². The minimum Gasteiger partial charge on any atom is -0.464 e. The number of piperidine rings is 1. The van der Waals surface area contributed by atoms with Gasteiger partial charge in [0.05, 0.1) is 5.92 Å². The van der Waals surface area contributed by atoms with E-state index in [9.17, 15) is 9.59 Å². The van der Waals surface area contributed by atoms with Crippen molar-refractivity contribution in [1.29, 1.82) is 0 Å². The van der Waals surface area contributed by atoms with Crippen LogP contribution in [0.1, 0.15) is 181 Å². The third kappa shape index (κ3) is 18.0. The van der Waals surface area contributed by atoms with Crippen LogP contribution in [0.4, 0.5) is 0 Å². The average molecular weight is 617 g/mol. The summed E-state index contributed by atoms with van der Waals surface area (Å²) in [6, 6.07) is 0.0313. The van der Waals surface area contributed by atoms with Gasteiger partial charge in [0, 0.05) is 25.6 Å². The van der Waals surface area contributed by atoms with Crippen LogP contribution in [-0.4, -0.2) is 60.5 Å². The summed E-state index contributed by atoms with van der Waals surface area (Å²) in [6.07, 6.45) is 36.8. The lowest BCUT2D eigenvalue weighted by Gasteiger charge is -2.28. The number of esters is 1. The van der Waals surface area contributed by atoms with Crippen LogP contribution >= 0.6 is 0 Å². The summed E-state index contributed by atoms with van der Waals surface area (Å²) >= 11 is 0. The van der Waals surface area contributed by atoms with Crippen molar-refractivity contribution in [3.8, 4) is 0 Å². The lowest BCUT2D eigenvalue weighted by molar-refractivity contribution is -0.150. The SMILES string of the molecule is CCCCCCCC/C=C\CCCCCCCCN1C(=O)C[C@H](C(=O)OCCN2CCCCC2)[C@H]1CCCCCCCCC. The van der Waals surface area contributed by atoms with E-state index in [1.807, 2.05) is 0 Å². The van der Waals surface area contributed by atoms with Gasteiger partial charge in [-0.1, -0.05) is 135 Å². The molecular formula is C39H72N2O3. The monoisotopic (exact) mass is 617 g/mol. The third-order valence-corrected chi connectivity index (χ3v) is 10.00. The van der Waals surface area contributed by atoms with Crippen LogP contribution in [0.25, 0.3) is 0 Å². The van der Waals surface area contributed by atoms with Crippen molar-refractivity contribution < 1.29 is 14.3 Å². The zero-order valence-corrected chi connectivity index (χ0v) is 29.3. The highest BCUT2D eigenvalue weighted by molar-refractivity contribution is 5.87. The van der Waals surface area contributed by atoms with Crippen molar-refractivity contribution in [2.75, 3.05) is 32.8 Å². The molecule has 0 aliphatic carbocycles. The summed E-state index contributed by atoms with van der Waals surface area (Å²) in [5.41, 5.74) is 0. The molecule has 5 heteroatoms. The number of hydrogen-bond acceptors (Lipinski definition) is 4. The summed E-state index contributed by atoms with van der Waals surface area (Å²) < 4.78 is 5.80. The van der Waals surface area contributed by atoms with E-state index < -0.39 is 0 Å². The molecule has 0 radical (unpaired) electrons. The standard InChI is InChI=1S/C39H72N2O3/c1-3-5-7-9-11-12-13-14-15-16-17-18-19-21-23-28-32-41-37(29-25-22-20-10-8-6-4-2)36(35-38(41)42)39(43)44-34-33-40-30-26-24-27-31-40/h14-15,36-37H,3-13,16-35H2,1-2H3/b15-14-/t36-,37+/m0/s1. The Morgan fingerprint density at radius 3 is 1.80 bits per heavy atom. The number of rotatable bonds is 28. The Morgan fingerprint density at radius 1 is 0.682 bits per heavy atom. The fraction of sp³-hybridized carbons (Fsp3) is 0.897. The van der Waals surface area contributed by atoms with E-state index in [4.69, 9.17) is 4.74 Å². The van der Waals surface area contributed by atoms with Gasteiger partial charge in [0.15, 0.2) is 0 Å². The Kier molecular flexibility index (Phi) is 23.7. The Morgan fingerprint density at radius 2 is 1.20 bits per heavy atom. The van der Waals surface area contributed by atoms with E-state index in [0.29, 0.717) is 13.0 Å². The molecule has 0 bridgehead atoms. The molecule has 2 fully saturated rings. The maximum absolute atomic E-state index is 13.2. The third-order valence-electron chi connectivity index (χ3n) is 10.00. The molecule has 0 aromatic carbocycles. The Hall–Kier alpha value is -1.36. The van der Waals surface area contributed by atoms with Crippen LogP contribution in [0.5, 0.6) is 0 Å². The molecule has 0 N–H and O–H groups in total. The number of hydrogen-bond donors (Lipinski definition) is 0. The lowest BCUT2D eigenvalue weighted by atomic mass is 9.94. The molecule has 0 unspecified atom stereocenters. The van der Waals surface area contributed by atoms with E-state index in [1.165, 1.54) is 141 Å². The fourth-order valence-corrected chi connectivity index (χ4v) is 7.14. The highest BCUT2D eigenvalue weighted by Crippen LogP contribution is 2.31. The normalized spacial score (nSPS) is 19.4. The van der Waals surface area contributed by atoms with Crippen LogP contribution in [0.15, 0.2) is 12.2 Å². The van der Waals surface area contributed by atoms with Crippen LogP contribution in [-0.2, 0) is 14.3 Å². The highest BCUT2D eigenvalue weighted by atomic mass is 16.5. The minimum atomic E-state index is -0.280. The molecule has 1 amide bonds. The molecule has 2 atom stereocenters. The summed E-state index contributed by atoms with van der Waals surface area (Å²) in [5, 5.41) is 0. The first kappa shape index (κ1) is 38.8. The molecule has 2 rings (SSSR count). The van der Waals surface area contributed by atoms with Gasteiger partial charge < -0.3 is 9.64 Å². The predicted octanol–water partition coefficient (Wildman–Crippen LogP) is 10.4. The van der Waals surface area contributed by atoms with Crippen LogP contribution in [0.3, 0.4) is 0 Å². The summed E-state index contributed by atoms with van der Waals surface area (Å²) in [4.78, 5) is 30.8. The second kappa shape index (κ2) is 26.8. The van der Waals surface area contributed by atoms with Gasteiger partial charge in [-0.25, -0.2) is 0 Å². The van der Waals surface area contributed by atoms with E-state index in [-0.39, 0.29) is 23.8 Å². The van der Waals surface area contributed by atoms with Crippen molar-refractivity contribution >= 4 is 11.9 Å². The number of allylic oxidation sites excluding steroid dienone is 2. The average Bonchev–Trinajstić information content (AvgIpc) is 3.35. The van der Waals surface area contributed by atoms with Crippen molar-refractivity contribution in [2.24, 2.45) is 5.92 Å². The van der Waals surface area contributed by atoms with Crippen molar-refractivity contribution in [3.05, 3.63) is 12.2 Å². The maximum atomic E-state index is 13.2. The summed E-state index contributed by atoms with van der Waals surface area (Å²) in [5.74, 6) is -0.242. The predicted molar refractivity (Wildman–Crippen MR) is 187 cm³/mol. The van der Waals surface area contributed by atoms with E-state index in [2.05, 4.69) is 35.8 Å². The largest absolute Gasteiger partial charge is 0.464 e. The fourth-order valence-electron chi connectivity index (χ4n) is 7.14. The van der Waals surface area contributed by atoms with Gasteiger partial charge in [-0.15, -0.1) is 0 Å². The molecule has 0 spiro atoms. The number of unbranched alkanes of at least 4 members (excludes halogenated alkanes) is 18. The summed E-state index contributed by atoms with van der Waals surface area (Å²) in [7, 11) is 0. The molecule has 256 valence electrons. The number of nitrogens with zero attached hydrogens (tertiary/aromatic N) is 2. The van der Waals surface area contributed by atoms with Gasteiger partial charge in [-0.2, -0.15) is 0 Å². The van der Waals surface area contributed by atoms with Gasteiger partial charge in [0.25, 0.3) is 0 Å². The Bertz CT molecular complexity index is 733. The van der Waals surface area contributed by atoms with Crippen LogP contribution in [0.2, 0.25) is 0 Å². The van der Waals surface area contributed by atoms with Gasteiger partial charge >= 0.3 is 5.97 Å². The summed E-state index contributed by atoms with van der Waals surface area (Å²) in [6.45, 7) is 8.86. The van der Waals surface area contributed by atoms with Gasteiger partial charge in [0.2, 0.25) is 5.91 Å². The van der Waals surface area contributed by atoms with Gasteiger partial charge in [0.1, 0.15) is 6.61 Å². The number of ether oxygens (including phenoxy) is 1. The first-order valence-electron chi connectivity index (χ1n) is 19.5. The van der Waals surface area contributed by atoms with Crippen LogP contribution < -0.4 is 0 Å². The minimum absolute atomic E-state index is 0.0313. The number of likely N-dealkylation sites (tertiary alicyclic amines) is 2. The molecular weight excluding hydrogens is 544 g/mol. The first-order chi connectivity index (χ1) is 21.7.